The van der Waals surface area contributed by atoms with Gasteiger partial charge in [-0.2, -0.15) is 0 Å². The van der Waals surface area contributed by atoms with Gasteiger partial charge in [0.25, 0.3) is 5.91 Å². The van der Waals surface area contributed by atoms with Crippen LogP contribution in [0.5, 0.6) is 0 Å². The first-order chi connectivity index (χ1) is 11.0. The highest BCUT2D eigenvalue weighted by Crippen LogP contribution is 2.46. The molecule has 0 aromatic heterocycles. The molecular weight excluding hydrogens is 290 g/mol. The molecule has 23 heavy (non-hydrogen) atoms. The van der Waals surface area contributed by atoms with Crippen LogP contribution in [0.2, 0.25) is 0 Å². The Bertz CT molecular complexity index is 441. The molecule has 3 rings (SSSR count). The minimum atomic E-state index is -0.173. The monoisotopic (exact) mass is 321 g/mol. The number of carbonyl (C=O) groups excluding carboxylic acids is 2. The van der Waals surface area contributed by atoms with E-state index in [2.05, 4.69) is 18.7 Å². The van der Waals surface area contributed by atoms with E-state index in [0.717, 1.165) is 44.8 Å². The number of urea groups is 1. The minimum absolute atomic E-state index is 0.0360. The Balaban J connectivity index is 1.59. The molecular formula is C18H31N3O2. The maximum absolute atomic E-state index is 12.4. The van der Waals surface area contributed by atoms with E-state index in [4.69, 9.17) is 0 Å². The number of hydrogen-bond donors (Lipinski definition) is 0. The Morgan fingerprint density at radius 2 is 1.78 bits per heavy atom. The molecule has 3 saturated heterocycles. The summed E-state index contributed by atoms with van der Waals surface area (Å²) in [5.74, 6) is 0.839. The first-order valence-corrected chi connectivity index (χ1v) is 9.38. The number of fused-ring (bicyclic) bond motifs is 1. The molecule has 1 spiro atoms. The van der Waals surface area contributed by atoms with Gasteiger partial charge in [0.05, 0.1) is 0 Å². The number of imide groups is 1. The lowest BCUT2D eigenvalue weighted by molar-refractivity contribution is -0.128. The van der Waals surface area contributed by atoms with Crippen LogP contribution in [0.3, 0.4) is 0 Å². The van der Waals surface area contributed by atoms with Crippen molar-refractivity contribution in [1.82, 2.24) is 14.7 Å². The predicted molar refractivity (Wildman–Crippen MR) is 90.1 cm³/mol. The summed E-state index contributed by atoms with van der Waals surface area (Å²) >= 11 is 0. The average molecular weight is 321 g/mol. The molecule has 3 aliphatic heterocycles. The standard InChI is InChI=1S/C18H31N3O2/c1-4-14(5-2)12-19-9-7-18(8-10-19)11-15-16(22)20(6-3)17(23)21(15)13-18/h14-15H,4-13H2,1-3H3. The second-order valence-electron chi connectivity index (χ2n) is 7.70. The van der Waals surface area contributed by atoms with E-state index in [-0.39, 0.29) is 23.4 Å². The third-order valence-electron chi connectivity index (χ3n) is 6.44. The summed E-state index contributed by atoms with van der Waals surface area (Å²) in [6.07, 6.45) is 5.65. The normalized spacial score (nSPS) is 27.6. The quantitative estimate of drug-likeness (QED) is 0.731. The molecule has 3 heterocycles. The predicted octanol–water partition coefficient (Wildman–Crippen LogP) is 2.56. The fraction of sp³-hybridized carbons (Fsp3) is 0.889. The maximum Gasteiger partial charge on any atom is 0.327 e. The Kier molecular flexibility index (Phi) is 4.68. The van der Waals surface area contributed by atoms with Crippen LogP contribution in [0.4, 0.5) is 4.79 Å². The molecule has 3 aliphatic rings. The number of amides is 3. The van der Waals surface area contributed by atoms with Crippen LogP contribution < -0.4 is 0 Å². The number of hydrogen-bond acceptors (Lipinski definition) is 3. The molecule has 5 heteroatoms. The molecule has 3 fully saturated rings. The van der Waals surface area contributed by atoms with Crippen LogP contribution in [-0.2, 0) is 4.79 Å². The van der Waals surface area contributed by atoms with Gasteiger partial charge in [-0.3, -0.25) is 9.69 Å². The Labute approximate surface area is 140 Å². The Morgan fingerprint density at radius 3 is 2.30 bits per heavy atom. The summed E-state index contributed by atoms with van der Waals surface area (Å²) in [6.45, 7) is 11.2. The van der Waals surface area contributed by atoms with Gasteiger partial charge in [0.15, 0.2) is 0 Å². The molecule has 1 unspecified atom stereocenters. The van der Waals surface area contributed by atoms with Crippen LogP contribution >= 0.6 is 0 Å². The molecule has 0 saturated carbocycles. The maximum atomic E-state index is 12.4. The van der Waals surface area contributed by atoms with Crippen molar-refractivity contribution in [1.29, 1.82) is 0 Å². The van der Waals surface area contributed by atoms with Crippen molar-refractivity contribution in [3.8, 4) is 0 Å². The molecule has 0 N–H and O–H groups in total. The number of likely N-dealkylation sites (N-methyl/N-ethyl adjacent to an activating group) is 1. The van der Waals surface area contributed by atoms with Gasteiger partial charge in [-0.25, -0.2) is 4.79 Å². The van der Waals surface area contributed by atoms with Crippen LogP contribution in [0, 0.1) is 11.3 Å². The lowest BCUT2D eigenvalue weighted by Gasteiger charge is -2.40. The van der Waals surface area contributed by atoms with Crippen LogP contribution in [0.1, 0.15) is 52.9 Å². The zero-order chi connectivity index (χ0) is 16.6. The number of likely N-dealkylation sites (tertiary alicyclic amines) is 1. The zero-order valence-electron chi connectivity index (χ0n) is 14.9. The summed E-state index contributed by atoms with van der Waals surface area (Å²) < 4.78 is 0. The zero-order valence-corrected chi connectivity index (χ0v) is 14.9. The number of nitrogens with zero attached hydrogens (tertiary/aromatic N) is 3. The average Bonchev–Trinajstić information content (AvgIpc) is 3.03. The van der Waals surface area contributed by atoms with Crippen molar-refractivity contribution in [2.24, 2.45) is 11.3 Å². The van der Waals surface area contributed by atoms with Gasteiger partial charge in [-0.15, -0.1) is 0 Å². The van der Waals surface area contributed by atoms with E-state index in [0.29, 0.717) is 6.54 Å². The number of carbonyl (C=O) groups is 2. The summed E-state index contributed by atoms with van der Waals surface area (Å²) in [5, 5.41) is 0. The fourth-order valence-electron chi connectivity index (χ4n) is 4.68. The van der Waals surface area contributed by atoms with Gasteiger partial charge >= 0.3 is 6.03 Å². The molecule has 0 aromatic carbocycles. The minimum Gasteiger partial charge on any atom is -0.312 e. The third kappa shape index (κ3) is 2.88. The van der Waals surface area contributed by atoms with Gasteiger partial charge in [-0.1, -0.05) is 26.7 Å². The summed E-state index contributed by atoms with van der Waals surface area (Å²) in [7, 11) is 0. The van der Waals surface area contributed by atoms with Crippen molar-refractivity contribution in [2.45, 2.75) is 58.9 Å². The van der Waals surface area contributed by atoms with Crippen molar-refractivity contribution >= 4 is 11.9 Å². The molecule has 130 valence electrons. The van der Waals surface area contributed by atoms with Gasteiger partial charge in [-0.05, 0) is 50.6 Å². The van der Waals surface area contributed by atoms with Crippen molar-refractivity contribution in [3.05, 3.63) is 0 Å². The van der Waals surface area contributed by atoms with Crippen LogP contribution in [-0.4, -0.2) is 65.4 Å². The highest BCUT2D eigenvalue weighted by Gasteiger charge is 2.55. The van der Waals surface area contributed by atoms with Gasteiger partial charge in [0.1, 0.15) is 6.04 Å². The Hall–Kier alpha value is -1.10. The largest absolute Gasteiger partial charge is 0.327 e. The molecule has 0 radical (unpaired) electrons. The molecule has 0 aromatic rings. The van der Waals surface area contributed by atoms with E-state index in [1.807, 2.05) is 11.8 Å². The smallest absolute Gasteiger partial charge is 0.312 e. The molecule has 0 aliphatic carbocycles. The lowest BCUT2D eigenvalue weighted by atomic mass is 9.76. The summed E-state index contributed by atoms with van der Waals surface area (Å²) in [4.78, 5) is 30.6. The summed E-state index contributed by atoms with van der Waals surface area (Å²) in [5.41, 5.74) is 0.195. The van der Waals surface area contributed by atoms with Crippen LogP contribution in [0.25, 0.3) is 0 Å². The van der Waals surface area contributed by atoms with E-state index in [9.17, 15) is 9.59 Å². The van der Waals surface area contributed by atoms with E-state index >= 15 is 0 Å². The van der Waals surface area contributed by atoms with E-state index < -0.39 is 0 Å². The van der Waals surface area contributed by atoms with Crippen LogP contribution in [0.15, 0.2) is 0 Å². The molecule has 3 amide bonds. The van der Waals surface area contributed by atoms with E-state index in [1.54, 1.807) is 0 Å². The topological polar surface area (TPSA) is 43.9 Å². The van der Waals surface area contributed by atoms with Crippen molar-refractivity contribution < 1.29 is 9.59 Å². The third-order valence-corrected chi connectivity index (χ3v) is 6.44. The lowest BCUT2D eigenvalue weighted by Crippen LogP contribution is -2.45. The fourth-order valence-corrected chi connectivity index (χ4v) is 4.68. The van der Waals surface area contributed by atoms with Crippen molar-refractivity contribution in [3.63, 3.8) is 0 Å². The van der Waals surface area contributed by atoms with Gasteiger partial charge in [0.2, 0.25) is 0 Å². The summed E-state index contributed by atoms with van der Waals surface area (Å²) in [6, 6.07) is -0.230. The second-order valence-corrected chi connectivity index (χ2v) is 7.70. The molecule has 0 bridgehead atoms. The SMILES string of the molecule is CCC(CC)CN1CCC2(CC1)CC1C(=O)N(CC)C(=O)N1C2. The second kappa shape index (κ2) is 6.42. The number of piperidine rings is 1. The number of rotatable bonds is 5. The van der Waals surface area contributed by atoms with Gasteiger partial charge in [0, 0.05) is 19.6 Å². The van der Waals surface area contributed by atoms with Gasteiger partial charge < -0.3 is 9.80 Å². The first kappa shape index (κ1) is 16.7. The molecule has 5 nitrogen and oxygen atoms in total. The highest BCUT2D eigenvalue weighted by atomic mass is 16.2. The highest BCUT2D eigenvalue weighted by molar-refractivity contribution is 6.04. The molecule has 1 atom stereocenters. The van der Waals surface area contributed by atoms with E-state index in [1.165, 1.54) is 24.3 Å². The Morgan fingerprint density at radius 1 is 1.13 bits per heavy atom. The van der Waals surface area contributed by atoms with Crippen molar-refractivity contribution in [2.75, 3.05) is 32.7 Å². The first-order valence-electron chi connectivity index (χ1n) is 9.38.